The van der Waals surface area contributed by atoms with E-state index in [2.05, 4.69) is 29.4 Å². The molecule has 1 fully saturated rings. The normalized spacial score (nSPS) is 16.0. The summed E-state index contributed by atoms with van der Waals surface area (Å²) in [4.78, 5) is 14.8. The molecule has 1 atom stereocenters. The first kappa shape index (κ1) is 23.6. The van der Waals surface area contributed by atoms with Crippen molar-refractivity contribution in [2.45, 2.75) is 39.8 Å². The summed E-state index contributed by atoms with van der Waals surface area (Å²) in [7, 11) is 0. The predicted octanol–water partition coefficient (Wildman–Crippen LogP) is 3.11. The Bertz CT molecular complexity index is 591. The molecule has 1 heterocycles. The number of carbonyl (C=O) groups is 1. The van der Waals surface area contributed by atoms with Crippen LogP contribution in [0.25, 0.3) is 0 Å². The van der Waals surface area contributed by atoms with Crippen LogP contribution in [0, 0.1) is 5.92 Å². The number of ether oxygens (including phenoxy) is 3. The number of morpholine rings is 1. The Labute approximate surface area is 175 Å². The molecule has 1 saturated heterocycles. The fraction of sp³-hybridized carbons (Fsp3) is 0.682. The van der Waals surface area contributed by atoms with E-state index in [1.54, 1.807) is 0 Å². The lowest BCUT2D eigenvalue weighted by molar-refractivity contribution is 0.0130. The summed E-state index contributed by atoms with van der Waals surface area (Å²) in [6, 6.07) is 7.88. The van der Waals surface area contributed by atoms with Gasteiger partial charge in [0, 0.05) is 38.0 Å². The Morgan fingerprint density at radius 3 is 2.69 bits per heavy atom. The number of carbonyl (C=O) groups excluding carboxylic acids is 1. The second-order valence-electron chi connectivity index (χ2n) is 7.72. The number of urea groups is 1. The number of nitrogens with one attached hydrogen (secondary N) is 2. The van der Waals surface area contributed by atoms with Crippen LogP contribution in [-0.4, -0.2) is 69.6 Å². The van der Waals surface area contributed by atoms with Crippen molar-refractivity contribution in [2.75, 3.05) is 58.0 Å². The van der Waals surface area contributed by atoms with E-state index in [4.69, 9.17) is 14.2 Å². The zero-order valence-corrected chi connectivity index (χ0v) is 18.1. The third-order valence-corrected chi connectivity index (χ3v) is 4.83. The monoisotopic (exact) mass is 407 g/mol. The Morgan fingerprint density at radius 1 is 1.21 bits per heavy atom. The zero-order valence-electron chi connectivity index (χ0n) is 18.1. The summed E-state index contributed by atoms with van der Waals surface area (Å²) in [6.07, 6.45) is 1.05. The lowest BCUT2D eigenvalue weighted by atomic mass is 10.0. The van der Waals surface area contributed by atoms with Gasteiger partial charge in [0.2, 0.25) is 0 Å². The van der Waals surface area contributed by atoms with E-state index in [-0.39, 0.29) is 6.03 Å². The second kappa shape index (κ2) is 13.5. The van der Waals surface area contributed by atoms with Crippen molar-refractivity contribution in [1.29, 1.82) is 0 Å². The number of rotatable bonds is 12. The number of hydrogen-bond donors (Lipinski definition) is 2. The fourth-order valence-corrected chi connectivity index (χ4v) is 3.43. The van der Waals surface area contributed by atoms with Gasteiger partial charge in [-0.2, -0.15) is 0 Å². The van der Waals surface area contributed by atoms with Crippen molar-refractivity contribution in [3.8, 4) is 0 Å². The van der Waals surface area contributed by atoms with Crippen LogP contribution in [-0.2, 0) is 20.8 Å². The van der Waals surface area contributed by atoms with Crippen LogP contribution in [0.3, 0.4) is 0 Å². The lowest BCUT2D eigenvalue weighted by Crippen LogP contribution is -2.49. The third kappa shape index (κ3) is 9.58. The van der Waals surface area contributed by atoms with Gasteiger partial charge in [-0.3, -0.25) is 4.90 Å². The molecule has 2 rings (SSSR count). The molecule has 0 radical (unpaired) electrons. The van der Waals surface area contributed by atoms with Gasteiger partial charge in [-0.05, 0) is 37.0 Å². The molecule has 0 spiro atoms. The van der Waals surface area contributed by atoms with Crippen LogP contribution in [0.5, 0.6) is 0 Å². The SMILES string of the molecule is CCOCCOCc1cccc(NC(=O)NCC(CC(C)C)N2CCOCC2)c1. The van der Waals surface area contributed by atoms with Gasteiger partial charge in [-0.15, -0.1) is 0 Å². The Hall–Kier alpha value is -1.67. The first-order chi connectivity index (χ1) is 14.1. The molecule has 29 heavy (non-hydrogen) atoms. The van der Waals surface area contributed by atoms with E-state index in [0.717, 1.165) is 44.0 Å². The average Bonchev–Trinajstić information content (AvgIpc) is 2.71. The molecule has 164 valence electrons. The summed E-state index contributed by atoms with van der Waals surface area (Å²) in [6.45, 7) is 12.8. The molecule has 0 aromatic heterocycles. The second-order valence-corrected chi connectivity index (χ2v) is 7.72. The van der Waals surface area contributed by atoms with Gasteiger partial charge in [0.15, 0.2) is 0 Å². The highest BCUT2D eigenvalue weighted by atomic mass is 16.5. The predicted molar refractivity (Wildman–Crippen MR) is 115 cm³/mol. The lowest BCUT2D eigenvalue weighted by Gasteiger charge is -2.35. The summed E-state index contributed by atoms with van der Waals surface area (Å²) in [5.41, 5.74) is 1.78. The van der Waals surface area contributed by atoms with E-state index in [1.165, 1.54) is 0 Å². The third-order valence-electron chi connectivity index (χ3n) is 4.83. The van der Waals surface area contributed by atoms with Gasteiger partial charge in [0.25, 0.3) is 0 Å². The van der Waals surface area contributed by atoms with Crippen molar-refractivity contribution >= 4 is 11.7 Å². The minimum absolute atomic E-state index is 0.179. The molecular weight excluding hydrogens is 370 g/mol. The largest absolute Gasteiger partial charge is 0.379 e. The first-order valence-electron chi connectivity index (χ1n) is 10.7. The van der Waals surface area contributed by atoms with Crippen LogP contribution in [0.4, 0.5) is 10.5 Å². The van der Waals surface area contributed by atoms with Crippen molar-refractivity contribution < 1.29 is 19.0 Å². The van der Waals surface area contributed by atoms with Gasteiger partial charge in [0.05, 0.1) is 33.0 Å². The minimum Gasteiger partial charge on any atom is -0.379 e. The maximum atomic E-state index is 12.4. The van der Waals surface area contributed by atoms with Crippen LogP contribution in [0.1, 0.15) is 32.8 Å². The Kier molecular flexibility index (Phi) is 11.0. The van der Waals surface area contributed by atoms with Crippen LogP contribution in [0.2, 0.25) is 0 Å². The van der Waals surface area contributed by atoms with Crippen LogP contribution in [0.15, 0.2) is 24.3 Å². The zero-order chi connectivity index (χ0) is 20.9. The maximum absolute atomic E-state index is 12.4. The number of anilines is 1. The van der Waals surface area contributed by atoms with Gasteiger partial charge >= 0.3 is 6.03 Å². The van der Waals surface area contributed by atoms with Crippen molar-refractivity contribution in [3.63, 3.8) is 0 Å². The van der Waals surface area contributed by atoms with Gasteiger partial charge < -0.3 is 24.8 Å². The number of amides is 2. The Morgan fingerprint density at radius 2 is 1.97 bits per heavy atom. The summed E-state index contributed by atoms with van der Waals surface area (Å²) in [5.74, 6) is 0.576. The summed E-state index contributed by atoms with van der Waals surface area (Å²) >= 11 is 0. The van der Waals surface area contributed by atoms with Crippen molar-refractivity contribution in [1.82, 2.24) is 10.2 Å². The highest BCUT2D eigenvalue weighted by molar-refractivity contribution is 5.89. The highest BCUT2D eigenvalue weighted by Gasteiger charge is 2.22. The molecule has 1 aliphatic rings. The number of nitrogens with zero attached hydrogens (tertiary/aromatic N) is 1. The molecule has 1 aliphatic heterocycles. The maximum Gasteiger partial charge on any atom is 0.319 e. The first-order valence-corrected chi connectivity index (χ1v) is 10.7. The number of benzene rings is 1. The fourth-order valence-electron chi connectivity index (χ4n) is 3.43. The van der Waals surface area contributed by atoms with E-state index < -0.39 is 0 Å². The molecule has 0 bridgehead atoms. The van der Waals surface area contributed by atoms with E-state index in [9.17, 15) is 4.79 Å². The van der Waals surface area contributed by atoms with Crippen molar-refractivity contribution in [2.24, 2.45) is 5.92 Å². The summed E-state index contributed by atoms with van der Waals surface area (Å²) in [5, 5.41) is 5.97. The van der Waals surface area contributed by atoms with Crippen LogP contribution < -0.4 is 10.6 Å². The molecule has 7 heteroatoms. The van der Waals surface area contributed by atoms with E-state index >= 15 is 0 Å². The molecule has 0 saturated carbocycles. The standard InChI is InChI=1S/C22H37N3O4/c1-4-27-12-13-29-17-19-6-5-7-20(15-19)24-22(26)23-16-21(14-18(2)3)25-8-10-28-11-9-25/h5-7,15,18,21H,4,8-14,16-17H2,1-3H3,(H2,23,24,26). The molecule has 2 amide bonds. The van der Waals surface area contributed by atoms with E-state index in [0.29, 0.717) is 44.9 Å². The van der Waals surface area contributed by atoms with Crippen LogP contribution >= 0.6 is 0 Å². The highest BCUT2D eigenvalue weighted by Crippen LogP contribution is 2.14. The smallest absolute Gasteiger partial charge is 0.319 e. The minimum atomic E-state index is -0.179. The molecule has 7 nitrogen and oxygen atoms in total. The van der Waals surface area contributed by atoms with Crippen molar-refractivity contribution in [3.05, 3.63) is 29.8 Å². The molecule has 0 aliphatic carbocycles. The van der Waals surface area contributed by atoms with Gasteiger partial charge in [-0.1, -0.05) is 26.0 Å². The Balaban J connectivity index is 1.78. The average molecular weight is 408 g/mol. The van der Waals surface area contributed by atoms with E-state index in [1.807, 2.05) is 31.2 Å². The molecule has 1 unspecified atom stereocenters. The van der Waals surface area contributed by atoms with Gasteiger partial charge in [0.1, 0.15) is 0 Å². The number of hydrogen-bond acceptors (Lipinski definition) is 5. The molecule has 1 aromatic rings. The summed E-state index contributed by atoms with van der Waals surface area (Å²) < 4.78 is 16.3. The van der Waals surface area contributed by atoms with Gasteiger partial charge in [-0.25, -0.2) is 4.79 Å². The molecule has 1 aromatic carbocycles. The topological polar surface area (TPSA) is 72.1 Å². The molecular formula is C22H37N3O4. The quantitative estimate of drug-likeness (QED) is 0.521. The molecule has 2 N–H and O–H groups in total.